The molecule has 0 amide bonds. The molecule has 0 bridgehead atoms. The summed E-state index contributed by atoms with van der Waals surface area (Å²) in [4.78, 5) is 14.3. The first-order valence-electron chi connectivity index (χ1n) is 11.5. The first kappa shape index (κ1) is 22.9. The van der Waals surface area contributed by atoms with E-state index in [9.17, 15) is 9.90 Å². The third-order valence-corrected chi connectivity index (χ3v) is 6.38. The molecule has 1 aliphatic heterocycles. The van der Waals surface area contributed by atoms with E-state index in [2.05, 4.69) is 24.0 Å². The standard InChI is InChI=1S/C28H31NO4/c1-20-10-6-7-13-23(20)27(29-17-9-8-14-24(29)28(30)31)22-15-16-25(26(18-22)32-2)33-19-21-11-4-3-5-12-21/h3-7,10-13,15-16,18,24,27H,8-9,14,17,19H2,1-2H3,(H,30,31). The average Bonchev–Trinajstić information content (AvgIpc) is 2.85. The molecule has 3 aromatic carbocycles. The molecule has 1 aliphatic rings. The number of carboxylic acid groups (broad SMARTS) is 1. The van der Waals surface area contributed by atoms with Crippen LogP contribution in [-0.4, -0.2) is 35.7 Å². The molecule has 0 saturated carbocycles. The number of methoxy groups -OCH3 is 1. The number of carbonyl (C=O) groups is 1. The summed E-state index contributed by atoms with van der Waals surface area (Å²) in [5, 5.41) is 9.96. The molecule has 1 heterocycles. The second-order valence-electron chi connectivity index (χ2n) is 8.53. The van der Waals surface area contributed by atoms with Gasteiger partial charge in [-0.2, -0.15) is 0 Å². The summed E-state index contributed by atoms with van der Waals surface area (Å²) in [5.74, 6) is 0.552. The molecule has 172 valence electrons. The third kappa shape index (κ3) is 5.20. The molecule has 1 fully saturated rings. The topological polar surface area (TPSA) is 59.0 Å². The van der Waals surface area contributed by atoms with Crippen molar-refractivity contribution in [3.05, 3.63) is 95.1 Å². The van der Waals surface area contributed by atoms with Gasteiger partial charge in [0.1, 0.15) is 12.6 Å². The Bertz CT molecular complexity index is 1080. The van der Waals surface area contributed by atoms with E-state index in [0.29, 0.717) is 24.5 Å². The van der Waals surface area contributed by atoms with Gasteiger partial charge in [0.25, 0.3) is 0 Å². The second-order valence-corrected chi connectivity index (χ2v) is 8.53. The summed E-state index contributed by atoms with van der Waals surface area (Å²) < 4.78 is 11.7. The smallest absolute Gasteiger partial charge is 0.320 e. The first-order chi connectivity index (χ1) is 16.1. The molecule has 5 heteroatoms. The predicted molar refractivity (Wildman–Crippen MR) is 129 cm³/mol. The van der Waals surface area contributed by atoms with E-state index in [-0.39, 0.29) is 6.04 Å². The quantitative estimate of drug-likeness (QED) is 0.488. The Morgan fingerprint density at radius 1 is 1.03 bits per heavy atom. The van der Waals surface area contributed by atoms with Crippen molar-refractivity contribution in [2.24, 2.45) is 0 Å². The molecule has 5 nitrogen and oxygen atoms in total. The predicted octanol–water partition coefficient (Wildman–Crippen LogP) is 5.61. The monoisotopic (exact) mass is 445 g/mol. The van der Waals surface area contributed by atoms with Crippen LogP contribution in [0.15, 0.2) is 72.8 Å². The van der Waals surface area contributed by atoms with Gasteiger partial charge in [-0.1, -0.05) is 67.1 Å². The normalized spacial score (nSPS) is 17.3. The maximum atomic E-state index is 12.1. The lowest BCUT2D eigenvalue weighted by atomic mass is 9.89. The van der Waals surface area contributed by atoms with Crippen molar-refractivity contribution >= 4 is 5.97 Å². The number of nitrogens with zero attached hydrogens (tertiary/aromatic N) is 1. The summed E-state index contributed by atoms with van der Waals surface area (Å²) >= 11 is 0. The zero-order valence-corrected chi connectivity index (χ0v) is 19.2. The number of benzene rings is 3. The number of rotatable bonds is 8. The molecule has 2 atom stereocenters. The van der Waals surface area contributed by atoms with Crippen molar-refractivity contribution < 1.29 is 19.4 Å². The van der Waals surface area contributed by atoms with Gasteiger partial charge in [0.05, 0.1) is 13.2 Å². The first-order valence-corrected chi connectivity index (χ1v) is 11.5. The van der Waals surface area contributed by atoms with Crippen LogP contribution in [0.1, 0.15) is 47.6 Å². The minimum absolute atomic E-state index is 0.176. The van der Waals surface area contributed by atoms with Crippen LogP contribution in [0.5, 0.6) is 11.5 Å². The highest BCUT2D eigenvalue weighted by atomic mass is 16.5. The van der Waals surface area contributed by atoms with E-state index in [1.807, 2.05) is 60.7 Å². The highest BCUT2D eigenvalue weighted by Gasteiger charge is 2.36. The number of hydrogen-bond acceptors (Lipinski definition) is 4. The van der Waals surface area contributed by atoms with Gasteiger partial charge in [-0.15, -0.1) is 0 Å². The van der Waals surface area contributed by atoms with Gasteiger partial charge >= 0.3 is 5.97 Å². The van der Waals surface area contributed by atoms with Gasteiger partial charge in [-0.25, -0.2) is 0 Å². The highest BCUT2D eigenvalue weighted by molar-refractivity contribution is 5.73. The molecular weight excluding hydrogens is 414 g/mol. The maximum absolute atomic E-state index is 12.1. The Balaban J connectivity index is 1.70. The van der Waals surface area contributed by atoms with Crippen LogP contribution in [0.4, 0.5) is 0 Å². The van der Waals surface area contributed by atoms with Crippen molar-refractivity contribution in [1.29, 1.82) is 0 Å². The zero-order valence-electron chi connectivity index (χ0n) is 19.2. The molecule has 4 rings (SSSR count). The van der Waals surface area contributed by atoms with E-state index in [1.54, 1.807) is 7.11 Å². The van der Waals surface area contributed by atoms with Crippen LogP contribution in [0.2, 0.25) is 0 Å². The lowest BCUT2D eigenvalue weighted by Gasteiger charge is -2.40. The van der Waals surface area contributed by atoms with Gasteiger partial charge in [0.15, 0.2) is 11.5 Å². The average molecular weight is 446 g/mol. The number of hydrogen-bond donors (Lipinski definition) is 1. The van der Waals surface area contributed by atoms with Crippen molar-refractivity contribution in [3.8, 4) is 11.5 Å². The van der Waals surface area contributed by atoms with Crippen molar-refractivity contribution in [1.82, 2.24) is 4.90 Å². The van der Waals surface area contributed by atoms with Crippen LogP contribution in [-0.2, 0) is 11.4 Å². The molecule has 33 heavy (non-hydrogen) atoms. The lowest BCUT2D eigenvalue weighted by molar-refractivity contribution is -0.145. The summed E-state index contributed by atoms with van der Waals surface area (Å²) in [5.41, 5.74) is 4.34. The summed E-state index contributed by atoms with van der Waals surface area (Å²) in [6, 6.07) is 23.5. The highest BCUT2D eigenvalue weighted by Crippen LogP contribution is 2.39. The van der Waals surface area contributed by atoms with Crippen molar-refractivity contribution in [2.75, 3.05) is 13.7 Å². The minimum atomic E-state index is -0.761. The van der Waals surface area contributed by atoms with E-state index in [1.165, 1.54) is 0 Å². The van der Waals surface area contributed by atoms with Gasteiger partial charge in [-0.3, -0.25) is 9.69 Å². The molecule has 0 aliphatic carbocycles. The number of aryl methyl sites for hydroxylation is 1. The van der Waals surface area contributed by atoms with Crippen LogP contribution < -0.4 is 9.47 Å². The zero-order chi connectivity index (χ0) is 23.2. The SMILES string of the molecule is COc1cc(C(c2ccccc2C)N2CCCCC2C(=O)O)ccc1OCc1ccccc1. The Morgan fingerprint density at radius 2 is 1.79 bits per heavy atom. The summed E-state index contributed by atoms with van der Waals surface area (Å²) in [7, 11) is 1.64. The molecule has 2 unspecified atom stereocenters. The molecule has 1 N–H and O–H groups in total. The van der Waals surface area contributed by atoms with E-state index in [4.69, 9.17) is 9.47 Å². The summed E-state index contributed by atoms with van der Waals surface area (Å²) in [6.45, 7) is 3.27. The number of aliphatic carboxylic acids is 1. The minimum Gasteiger partial charge on any atom is -0.493 e. The Labute approximate surface area is 195 Å². The fraction of sp³-hybridized carbons (Fsp3) is 0.321. The number of likely N-dealkylation sites (tertiary alicyclic amines) is 1. The Morgan fingerprint density at radius 3 is 2.52 bits per heavy atom. The van der Waals surface area contributed by atoms with E-state index >= 15 is 0 Å². The van der Waals surface area contributed by atoms with E-state index in [0.717, 1.165) is 41.6 Å². The van der Waals surface area contributed by atoms with Crippen molar-refractivity contribution in [2.45, 2.75) is 44.9 Å². The Hall–Kier alpha value is -3.31. The van der Waals surface area contributed by atoms with E-state index < -0.39 is 12.0 Å². The van der Waals surface area contributed by atoms with Gasteiger partial charge in [-0.05, 0) is 60.7 Å². The van der Waals surface area contributed by atoms with Crippen LogP contribution >= 0.6 is 0 Å². The van der Waals surface area contributed by atoms with Crippen molar-refractivity contribution in [3.63, 3.8) is 0 Å². The fourth-order valence-corrected chi connectivity index (χ4v) is 4.68. The molecule has 3 aromatic rings. The second kappa shape index (κ2) is 10.5. The maximum Gasteiger partial charge on any atom is 0.320 e. The van der Waals surface area contributed by atoms with Gasteiger partial charge < -0.3 is 14.6 Å². The number of piperidine rings is 1. The fourth-order valence-electron chi connectivity index (χ4n) is 4.68. The van der Waals surface area contributed by atoms with Crippen LogP contribution in [0, 0.1) is 6.92 Å². The largest absolute Gasteiger partial charge is 0.493 e. The molecule has 0 aromatic heterocycles. The third-order valence-electron chi connectivity index (χ3n) is 6.38. The number of ether oxygens (including phenoxy) is 2. The number of carboxylic acids is 1. The molecule has 0 radical (unpaired) electrons. The van der Waals surface area contributed by atoms with Crippen LogP contribution in [0.3, 0.4) is 0 Å². The lowest BCUT2D eigenvalue weighted by Crippen LogP contribution is -2.47. The summed E-state index contributed by atoms with van der Waals surface area (Å²) in [6.07, 6.45) is 2.58. The molecule has 0 spiro atoms. The van der Waals surface area contributed by atoms with Gasteiger partial charge in [0, 0.05) is 0 Å². The van der Waals surface area contributed by atoms with Gasteiger partial charge in [0.2, 0.25) is 0 Å². The Kier molecular flexibility index (Phi) is 7.30. The van der Waals surface area contributed by atoms with Crippen LogP contribution in [0.25, 0.3) is 0 Å². The molecule has 1 saturated heterocycles. The molecular formula is C28H31NO4.